The molecule has 3 rings (SSSR count). The normalized spacial score (nSPS) is 15.0. The van der Waals surface area contributed by atoms with Crippen molar-refractivity contribution in [2.24, 2.45) is 0 Å². The lowest BCUT2D eigenvalue weighted by Crippen LogP contribution is -2.30. The molecule has 1 aromatic carbocycles. The smallest absolute Gasteiger partial charge is 0.225 e. The van der Waals surface area contributed by atoms with Gasteiger partial charge in [0.1, 0.15) is 11.6 Å². The van der Waals surface area contributed by atoms with Gasteiger partial charge in [-0.05, 0) is 31.9 Å². The molecule has 9 heteroatoms. The zero-order valence-electron chi connectivity index (χ0n) is 13.5. The maximum Gasteiger partial charge on any atom is 0.225 e. The van der Waals surface area contributed by atoms with Gasteiger partial charge in [0.05, 0.1) is 10.8 Å². The zero-order valence-corrected chi connectivity index (χ0v) is 15.2. The Morgan fingerprint density at radius 3 is 2.64 bits per heavy atom. The highest BCUT2D eigenvalue weighted by atomic mass is 32.2. The van der Waals surface area contributed by atoms with Gasteiger partial charge in [0.15, 0.2) is 10.1 Å². The molecular weight excluding hydrogens is 368 g/mol. The average molecular weight is 383 g/mol. The van der Waals surface area contributed by atoms with Gasteiger partial charge in [0, 0.05) is 19.0 Å². The number of hydrogen-bond acceptors (Lipinski definition) is 6. The van der Waals surface area contributed by atoms with E-state index in [1.54, 1.807) is 11.8 Å². The summed E-state index contributed by atoms with van der Waals surface area (Å²) < 4.78 is 27.2. The van der Waals surface area contributed by atoms with E-state index in [4.69, 9.17) is 0 Å². The van der Waals surface area contributed by atoms with E-state index in [2.05, 4.69) is 10.2 Å². The maximum absolute atomic E-state index is 13.8. The number of thioether (sulfide) groups is 1. The second-order valence-electron chi connectivity index (χ2n) is 5.72. The van der Waals surface area contributed by atoms with Gasteiger partial charge in [-0.3, -0.25) is 14.5 Å². The molecule has 1 atom stereocenters. The molecule has 132 valence electrons. The molecule has 1 fully saturated rings. The van der Waals surface area contributed by atoms with Crippen molar-refractivity contribution in [1.82, 2.24) is 10.2 Å². The van der Waals surface area contributed by atoms with Gasteiger partial charge in [-0.25, -0.2) is 8.78 Å². The summed E-state index contributed by atoms with van der Waals surface area (Å²) in [5, 5.41) is 7.93. The first-order valence-electron chi connectivity index (χ1n) is 7.66. The molecule has 0 aliphatic heterocycles. The second kappa shape index (κ2) is 7.17. The van der Waals surface area contributed by atoms with Crippen LogP contribution in [0.4, 0.5) is 13.9 Å². The van der Waals surface area contributed by atoms with Crippen LogP contribution in [0.2, 0.25) is 0 Å². The van der Waals surface area contributed by atoms with Crippen molar-refractivity contribution >= 4 is 39.9 Å². The summed E-state index contributed by atoms with van der Waals surface area (Å²) in [6, 6.07) is 3.06. The van der Waals surface area contributed by atoms with E-state index in [0.717, 1.165) is 36.7 Å². The van der Waals surface area contributed by atoms with Crippen LogP contribution in [0, 0.1) is 11.6 Å². The zero-order chi connectivity index (χ0) is 18.1. The summed E-state index contributed by atoms with van der Waals surface area (Å²) in [6.45, 7) is 3.11. The first-order valence-corrected chi connectivity index (χ1v) is 9.35. The molecule has 1 unspecified atom stereocenters. The molecule has 0 N–H and O–H groups in total. The maximum atomic E-state index is 13.8. The molecule has 5 nitrogen and oxygen atoms in total. The molecule has 25 heavy (non-hydrogen) atoms. The fourth-order valence-corrected chi connectivity index (χ4v) is 4.51. The van der Waals surface area contributed by atoms with Crippen molar-refractivity contribution in [2.45, 2.75) is 42.3 Å². The van der Waals surface area contributed by atoms with Crippen LogP contribution in [0.3, 0.4) is 0 Å². The van der Waals surface area contributed by atoms with E-state index >= 15 is 0 Å². The Balaban J connectivity index is 1.71. The number of hydrogen-bond donors (Lipinski definition) is 0. The summed E-state index contributed by atoms with van der Waals surface area (Å²) in [4.78, 5) is 25.7. The number of rotatable bonds is 6. The Morgan fingerprint density at radius 2 is 2.04 bits per heavy atom. The molecule has 1 aliphatic carbocycles. The van der Waals surface area contributed by atoms with E-state index < -0.39 is 22.7 Å². The first-order chi connectivity index (χ1) is 11.9. The molecule has 1 amide bonds. The average Bonchev–Trinajstić information content (AvgIpc) is 3.26. The Kier molecular flexibility index (Phi) is 5.14. The van der Waals surface area contributed by atoms with Gasteiger partial charge >= 0.3 is 0 Å². The Labute approximate surface area is 151 Å². The lowest BCUT2D eigenvalue weighted by atomic mass is 10.1. The van der Waals surface area contributed by atoms with Crippen molar-refractivity contribution < 1.29 is 18.4 Å². The number of anilines is 1. The number of carbonyl (C=O) groups is 2. The number of benzene rings is 1. The van der Waals surface area contributed by atoms with Crippen LogP contribution < -0.4 is 4.90 Å². The summed E-state index contributed by atoms with van der Waals surface area (Å²) in [7, 11) is 0. The topological polar surface area (TPSA) is 63.2 Å². The van der Waals surface area contributed by atoms with E-state index in [0.29, 0.717) is 15.5 Å². The molecule has 2 aromatic rings. The fraction of sp³-hybridized carbons (Fsp3) is 0.375. The summed E-state index contributed by atoms with van der Waals surface area (Å²) >= 11 is 2.36. The third-order valence-electron chi connectivity index (χ3n) is 3.70. The largest absolute Gasteiger partial charge is 0.293 e. The standard InChI is InChI=1S/C16H15F2N3O2S2/c1-8(14(23)12-6-3-10(17)7-13(12)18)24-16-20-19-15(25-16)21(9(2)22)11-4-5-11/h3,6-8,11H,4-5H2,1-2H3. The molecular formula is C16H15F2N3O2S2. The Hall–Kier alpha value is -1.87. The predicted molar refractivity (Wildman–Crippen MR) is 92.1 cm³/mol. The minimum atomic E-state index is -0.883. The highest BCUT2D eigenvalue weighted by Crippen LogP contribution is 2.37. The van der Waals surface area contributed by atoms with Gasteiger partial charge in [0.2, 0.25) is 11.0 Å². The minimum absolute atomic E-state index is 0.0901. The lowest BCUT2D eigenvalue weighted by molar-refractivity contribution is -0.116. The summed E-state index contributed by atoms with van der Waals surface area (Å²) in [5.41, 5.74) is -0.158. The third kappa shape index (κ3) is 4.04. The quantitative estimate of drug-likeness (QED) is 0.432. The van der Waals surface area contributed by atoms with Crippen LogP contribution >= 0.6 is 23.1 Å². The number of ketones is 1. The number of carbonyl (C=O) groups excluding carboxylic acids is 2. The Morgan fingerprint density at radius 1 is 1.32 bits per heavy atom. The lowest BCUT2D eigenvalue weighted by Gasteiger charge is -2.15. The SMILES string of the molecule is CC(=O)N(c1nnc(SC(C)C(=O)c2ccc(F)cc2F)s1)C1CC1. The predicted octanol–water partition coefficient (Wildman–Crippen LogP) is 3.70. The van der Waals surface area contributed by atoms with E-state index in [9.17, 15) is 18.4 Å². The number of aromatic nitrogens is 2. The van der Waals surface area contributed by atoms with Crippen molar-refractivity contribution in [1.29, 1.82) is 0 Å². The Bertz CT molecular complexity index is 823. The van der Waals surface area contributed by atoms with Crippen molar-refractivity contribution in [3.63, 3.8) is 0 Å². The third-order valence-corrected chi connectivity index (χ3v) is 5.80. The van der Waals surface area contributed by atoms with Crippen LogP contribution in [0.15, 0.2) is 22.5 Å². The highest BCUT2D eigenvalue weighted by molar-refractivity contribution is 8.02. The van der Waals surface area contributed by atoms with Crippen molar-refractivity contribution in [2.75, 3.05) is 4.90 Å². The van der Waals surface area contributed by atoms with Crippen molar-refractivity contribution in [3.8, 4) is 0 Å². The number of nitrogens with zero attached hydrogens (tertiary/aromatic N) is 3. The number of amides is 1. The summed E-state index contributed by atoms with van der Waals surface area (Å²) in [6.07, 6.45) is 1.89. The van der Waals surface area contributed by atoms with Gasteiger partial charge in [-0.2, -0.15) is 0 Å². The molecule has 0 bridgehead atoms. The molecule has 0 spiro atoms. The van der Waals surface area contributed by atoms with Crippen LogP contribution in [0.5, 0.6) is 0 Å². The molecule has 1 saturated carbocycles. The molecule has 1 aliphatic rings. The van der Waals surface area contributed by atoms with Gasteiger partial charge in [-0.1, -0.05) is 23.1 Å². The van der Waals surface area contributed by atoms with Gasteiger partial charge in [-0.15, -0.1) is 10.2 Å². The fourth-order valence-electron chi connectivity index (χ4n) is 2.34. The van der Waals surface area contributed by atoms with E-state index in [1.165, 1.54) is 18.3 Å². The molecule has 1 heterocycles. The van der Waals surface area contributed by atoms with E-state index in [-0.39, 0.29) is 17.5 Å². The van der Waals surface area contributed by atoms with Crippen LogP contribution in [-0.2, 0) is 4.79 Å². The monoisotopic (exact) mass is 383 g/mol. The minimum Gasteiger partial charge on any atom is -0.293 e. The first kappa shape index (κ1) is 17.9. The van der Waals surface area contributed by atoms with Gasteiger partial charge in [0.25, 0.3) is 0 Å². The highest BCUT2D eigenvalue weighted by Gasteiger charge is 2.34. The van der Waals surface area contributed by atoms with Crippen LogP contribution in [0.1, 0.15) is 37.0 Å². The van der Waals surface area contributed by atoms with Crippen LogP contribution in [0.25, 0.3) is 0 Å². The van der Waals surface area contributed by atoms with Crippen molar-refractivity contribution in [3.05, 3.63) is 35.4 Å². The molecule has 0 radical (unpaired) electrons. The number of Topliss-reactive ketones (excluding diaryl/α,β-unsaturated/α-hetero) is 1. The number of halogens is 2. The molecule has 1 aromatic heterocycles. The van der Waals surface area contributed by atoms with Gasteiger partial charge < -0.3 is 0 Å². The van der Waals surface area contributed by atoms with Crippen LogP contribution in [-0.4, -0.2) is 33.2 Å². The second-order valence-corrected chi connectivity index (χ2v) is 8.26. The summed E-state index contributed by atoms with van der Waals surface area (Å²) in [5.74, 6) is -2.16. The van der Waals surface area contributed by atoms with E-state index in [1.807, 2.05) is 0 Å². The molecule has 0 saturated heterocycles.